The molecule has 0 spiro atoms. The van der Waals surface area contributed by atoms with Gasteiger partial charge >= 0.3 is 0 Å². The van der Waals surface area contributed by atoms with E-state index in [1.54, 1.807) is 0 Å². The zero-order valence-electron chi connectivity index (χ0n) is 14.1. The summed E-state index contributed by atoms with van der Waals surface area (Å²) >= 11 is 0. The second kappa shape index (κ2) is 9.05. The molecule has 1 aromatic heterocycles. The molecule has 0 radical (unpaired) electrons. The van der Waals surface area contributed by atoms with Crippen LogP contribution in [0.5, 0.6) is 0 Å². The zero-order valence-corrected chi connectivity index (χ0v) is 16.5. The van der Waals surface area contributed by atoms with Gasteiger partial charge in [0.25, 0.3) is 0 Å². The van der Waals surface area contributed by atoms with E-state index in [9.17, 15) is 0 Å². The van der Waals surface area contributed by atoms with Crippen LogP contribution in [0.25, 0.3) is 0 Å². The maximum absolute atomic E-state index is 6.17. The van der Waals surface area contributed by atoms with Gasteiger partial charge in [0, 0.05) is 32.0 Å². The molecular formula is C18H26IN5. The lowest BCUT2D eigenvalue weighted by Crippen LogP contribution is -2.43. The number of rotatable bonds is 4. The average molecular weight is 439 g/mol. The molecule has 2 N–H and O–H groups in total. The Bertz CT molecular complexity index is 652. The van der Waals surface area contributed by atoms with E-state index >= 15 is 0 Å². The number of benzene rings is 1. The molecule has 1 fully saturated rings. The van der Waals surface area contributed by atoms with Gasteiger partial charge in [-0.1, -0.05) is 37.3 Å². The van der Waals surface area contributed by atoms with Crippen LogP contribution in [0, 0.1) is 5.92 Å². The molecule has 0 bridgehead atoms. The highest BCUT2D eigenvalue weighted by Gasteiger charge is 2.17. The Morgan fingerprint density at radius 3 is 2.88 bits per heavy atom. The lowest BCUT2D eigenvalue weighted by Gasteiger charge is -2.31. The van der Waals surface area contributed by atoms with Crippen molar-refractivity contribution >= 4 is 29.9 Å². The monoisotopic (exact) mass is 439 g/mol. The van der Waals surface area contributed by atoms with E-state index in [-0.39, 0.29) is 24.0 Å². The second-order valence-corrected chi connectivity index (χ2v) is 6.32. The SMILES string of the molecule is CC1CCCN(C(N)=NCc2nccn2Cc2ccccc2)C1.I. The molecule has 2 heterocycles. The first kappa shape index (κ1) is 18.8. The summed E-state index contributed by atoms with van der Waals surface area (Å²) in [6.45, 7) is 5.63. The Balaban J connectivity index is 0.00000208. The summed E-state index contributed by atoms with van der Waals surface area (Å²) in [6.07, 6.45) is 6.30. The number of likely N-dealkylation sites (tertiary alicyclic amines) is 1. The van der Waals surface area contributed by atoms with Crippen molar-refractivity contribution < 1.29 is 0 Å². The zero-order chi connectivity index (χ0) is 16.1. The fourth-order valence-electron chi connectivity index (χ4n) is 3.06. The lowest BCUT2D eigenvalue weighted by atomic mass is 10.0. The molecular weight excluding hydrogens is 413 g/mol. The number of nitrogens with two attached hydrogens (primary N) is 1. The highest BCUT2D eigenvalue weighted by atomic mass is 127. The molecule has 1 unspecified atom stereocenters. The van der Waals surface area contributed by atoms with Gasteiger partial charge in [0.15, 0.2) is 5.96 Å². The maximum atomic E-state index is 6.17. The predicted octanol–water partition coefficient (Wildman–Crippen LogP) is 3.10. The first-order chi connectivity index (χ1) is 11.2. The Kier molecular flexibility index (Phi) is 7.08. The van der Waals surface area contributed by atoms with Gasteiger partial charge in [0.05, 0.1) is 0 Å². The number of hydrogen-bond acceptors (Lipinski definition) is 2. The number of hydrogen-bond donors (Lipinski definition) is 1. The Morgan fingerprint density at radius 2 is 2.12 bits per heavy atom. The van der Waals surface area contributed by atoms with Gasteiger partial charge in [-0.25, -0.2) is 9.98 Å². The second-order valence-electron chi connectivity index (χ2n) is 6.32. The van der Waals surface area contributed by atoms with Crippen LogP contribution in [0.4, 0.5) is 0 Å². The van der Waals surface area contributed by atoms with Crippen LogP contribution >= 0.6 is 24.0 Å². The Morgan fingerprint density at radius 1 is 1.33 bits per heavy atom. The van der Waals surface area contributed by atoms with Crippen LogP contribution in [0.15, 0.2) is 47.7 Å². The van der Waals surface area contributed by atoms with E-state index in [0.29, 0.717) is 18.4 Å². The third-order valence-electron chi connectivity index (χ3n) is 4.36. The summed E-state index contributed by atoms with van der Waals surface area (Å²) in [4.78, 5) is 11.2. The Labute approximate surface area is 161 Å². The first-order valence-electron chi connectivity index (χ1n) is 8.31. The van der Waals surface area contributed by atoms with Crippen LogP contribution in [0.3, 0.4) is 0 Å². The number of nitrogens with zero attached hydrogens (tertiary/aromatic N) is 4. The van der Waals surface area contributed by atoms with Crippen molar-refractivity contribution in [3.05, 3.63) is 54.1 Å². The number of piperidine rings is 1. The third-order valence-corrected chi connectivity index (χ3v) is 4.36. The summed E-state index contributed by atoms with van der Waals surface area (Å²) in [5, 5.41) is 0. The van der Waals surface area contributed by atoms with Gasteiger partial charge in [-0.05, 0) is 24.3 Å². The maximum Gasteiger partial charge on any atom is 0.191 e. The molecule has 6 heteroatoms. The predicted molar refractivity (Wildman–Crippen MR) is 108 cm³/mol. The van der Waals surface area contributed by atoms with E-state index in [4.69, 9.17) is 5.73 Å². The van der Waals surface area contributed by atoms with E-state index in [1.165, 1.54) is 18.4 Å². The van der Waals surface area contributed by atoms with Gasteiger partial charge in [-0.15, -0.1) is 24.0 Å². The van der Waals surface area contributed by atoms with Crippen molar-refractivity contribution in [1.82, 2.24) is 14.5 Å². The van der Waals surface area contributed by atoms with Crippen molar-refractivity contribution in [2.75, 3.05) is 13.1 Å². The molecule has 130 valence electrons. The molecule has 1 aliphatic heterocycles. The normalized spacial score (nSPS) is 18.3. The number of halogens is 1. The molecule has 1 aliphatic rings. The molecule has 5 nitrogen and oxygen atoms in total. The first-order valence-corrected chi connectivity index (χ1v) is 8.31. The molecule has 24 heavy (non-hydrogen) atoms. The minimum absolute atomic E-state index is 0. The molecule has 3 rings (SSSR count). The van der Waals surface area contributed by atoms with Crippen molar-refractivity contribution in [2.45, 2.75) is 32.9 Å². The molecule has 2 aromatic rings. The minimum Gasteiger partial charge on any atom is -0.370 e. The molecule has 1 atom stereocenters. The molecule has 1 aromatic carbocycles. The van der Waals surface area contributed by atoms with Crippen LogP contribution < -0.4 is 5.73 Å². The van der Waals surface area contributed by atoms with Crippen molar-refractivity contribution in [3.63, 3.8) is 0 Å². The summed E-state index contributed by atoms with van der Waals surface area (Å²) in [6, 6.07) is 10.4. The number of aliphatic imine (C=N–C) groups is 1. The van der Waals surface area contributed by atoms with Crippen LogP contribution in [-0.2, 0) is 13.1 Å². The number of guanidine groups is 1. The van der Waals surface area contributed by atoms with E-state index in [1.807, 2.05) is 18.5 Å². The van der Waals surface area contributed by atoms with Gasteiger partial charge in [-0.3, -0.25) is 0 Å². The highest BCUT2D eigenvalue weighted by Crippen LogP contribution is 2.15. The molecule has 0 saturated carbocycles. The van der Waals surface area contributed by atoms with E-state index in [0.717, 1.165) is 25.5 Å². The molecule has 0 amide bonds. The van der Waals surface area contributed by atoms with Gasteiger partial charge in [-0.2, -0.15) is 0 Å². The van der Waals surface area contributed by atoms with E-state index in [2.05, 4.69) is 50.6 Å². The van der Waals surface area contributed by atoms with Crippen molar-refractivity contribution in [3.8, 4) is 0 Å². The van der Waals surface area contributed by atoms with Crippen molar-refractivity contribution in [2.24, 2.45) is 16.6 Å². The summed E-state index contributed by atoms with van der Waals surface area (Å²) in [5.74, 6) is 2.28. The van der Waals surface area contributed by atoms with E-state index < -0.39 is 0 Å². The van der Waals surface area contributed by atoms with Crippen LogP contribution in [0.2, 0.25) is 0 Å². The largest absolute Gasteiger partial charge is 0.370 e. The van der Waals surface area contributed by atoms with Crippen molar-refractivity contribution in [1.29, 1.82) is 0 Å². The van der Waals surface area contributed by atoms with Crippen LogP contribution in [-0.4, -0.2) is 33.5 Å². The standard InChI is InChI=1S/C18H25N5.HI/c1-15-6-5-10-23(13-15)18(19)21-12-17-20-9-11-22(17)14-16-7-3-2-4-8-16;/h2-4,7-9,11,15H,5-6,10,12-14H2,1H3,(H2,19,21);1H. The summed E-state index contributed by atoms with van der Waals surface area (Å²) < 4.78 is 2.13. The van der Waals surface area contributed by atoms with Gasteiger partial charge in [0.2, 0.25) is 0 Å². The minimum atomic E-state index is 0. The summed E-state index contributed by atoms with van der Waals surface area (Å²) in [5.41, 5.74) is 7.43. The summed E-state index contributed by atoms with van der Waals surface area (Å²) in [7, 11) is 0. The quantitative estimate of drug-likeness (QED) is 0.453. The van der Waals surface area contributed by atoms with Crippen LogP contribution in [0.1, 0.15) is 31.2 Å². The molecule has 0 aliphatic carbocycles. The topological polar surface area (TPSA) is 59.4 Å². The fraction of sp³-hybridized carbons (Fsp3) is 0.444. The Hall–Kier alpha value is -1.57. The van der Waals surface area contributed by atoms with Gasteiger partial charge in [0.1, 0.15) is 12.4 Å². The highest BCUT2D eigenvalue weighted by molar-refractivity contribution is 14.0. The number of aromatic nitrogens is 2. The lowest BCUT2D eigenvalue weighted by molar-refractivity contribution is 0.270. The smallest absolute Gasteiger partial charge is 0.191 e. The fourth-order valence-corrected chi connectivity index (χ4v) is 3.06. The number of imidazole rings is 1. The third kappa shape index (κ3) is 4.96. The molecule has 1 saturated heterocycles. The van der Waals surface area contributed by atoms with Gasteiger partial charge < -0.3 is 15.2 Å². The average Bonchev–Trinajstić information content (AvgIpc) is 3.00.